The fourth-order valence-corrected chi connectivity index (χ4v) is 1.46. The Labute approximate surface area is 83.3 Å². The Balaban J connectivity index is 3.92. The lowest BCUT2D eigenvalue weighted by Gasteiger charge is -2.33. The maximum Gasteiger partial charge on any atom is 0.000808 e. The molecule has 0 aliphatic rings. The Morgan fingerprint density at radius 3 is 2.38 bits per heavy atom. The second kappa shape index (κ2) is 6.39. The zero-order valence-electron chi connectivity index (χ0n) is 9.69. The van der Waals surface area contributed by atoms with Crippen molar-refractivity contribution in [3.63, 3.8) is 0 Å². The molecule has 1 atom stereocenters. The third-order valence-corrected chi connectivity index (χ3v) is 3.06. The molecule has 0 aliphatic carbocycles. The molecule has 1 unspecified atom stereocenters. The van der Waals surface area contributed by atoms with Gasteiger partial charge in [-0.2, -0.15) is 0 Å². The van der Waals surface area contributed by atoms with Crippen molar-refractivity contribution in [3.8, 4) is 0 Å². The number of nitrogens with two attached hydrogens (primary N) is 1. The molecule has 80 valence electrons. The van der Waals surface area contributed by atoms with Crippen molar-refractivity contribution in [2.75, 3.05) is 19.6 Å². The molecular weight excluding hydrogens is 160 g/mol. The minimum Gasteiger partial charge on any atom is -0.330 e. The summed E-state index contributed by atoms with van der Waals surface area (Å²) >= 11 is 0. The molecule has 0 aromatic rings. The first kappa shape index (κ1) is 12.9. The largest absolute Gasteiger partial charge is 0.330 e. The van der Waals surface area contributed by atoms with Crippen molar-refractivity contribution in [2.45, 2.75) is 40.5 Å². The minimum atomic E-state index is 0.365. The number of rotatable bonds is 7. The standard InChI is InChI=1S/C11H26N2/c1-5-8-13-9-11(4,6-7-12)10(2)3/h10,13H,5-9,12H2,1-4H3. The average Bonchev–Trinajstić information content (AvgIpc) is 2.05. The third kappa shape index (κ3) is 4.63. The van der Waals surface area contributed by atoms with E-state index in [1.807, 2.05) is 0 Å². The van der Waals surface area contributed by atoms with Crippen LogP contribution in [0.3, 0.4) is 0 Å². The summed E-state index contributed by atoms with van der Waals surface area (Å²) in [5, 5.41) is 3.49. The van der Waals surface area contributed by atoms with Gasteiger partial charge in [-0.1, -0.05) is 27.7 Å². The Bertz CT molecular complexity index is 123. The molecule has 0 aromatic carbocycles. The lowest BCUT2D eigenvalue weighted by Crippen LogP contribution is -2.38. The van der Waals surface area contributed by atoms with E-state index in [1.54, 1.807) is 0 Å². The van der Waals surface area contributed by atoms with Crippen LogP contribution in [0, 0.1) is 11.3 Å². The van der Waals surface area contributed by atoms with Crippen molar-refractivity contribution in [3.05, 3.63) is 0 Å². The van der Waals surface area contributed by atoms with E-state index in [0.717, 1.165) is 26.1 Å². The van der Waals surface area contributed by atoms with Crippen LogP contribution < -0.4 is 11.1 Å². The van der Waals surface area contributed by atoms with Gasteiger partial charge in [-0.05, 0) is 37.3 Å². The van der Waals surface area contributed by atoms with Crippen LogP contribution in [-0.4, -0.2) is 19.6 Å². The van der Waals surface area contributed by atoms with Crippen LogP contribution in [0.5, 0.6) is 0 Å². The highest BCUT2D eigenvalue weighted by Crippen LogP contribution is 2.29. The zero-order valence-corrected chi connectivity index (χ0v) is 9.69. The van der Waals surface area contributed by atoms with Crippen molar-refractivity contribution in [2.24, 2.45) is 17.1 Å². The van der Waals surface area contributed by atoms with Crippen LogP contribution in [0.1, 0.15) is 40.5 Å². The van der Waals surface area contributed by atoms with E-state index in [0.29, 0.717) is 11.3 Å². The molecule has 0 heterocycles. The SMILES string of the molecule is CCCNCC(C)(CCN)C(C)C. The van der Waals surface area contributed by atoms with Crippen LogP contribution >= 0.6 is 0 Å². The smallest absolute Gasteiger partial charge is 0.000808 e. The predicted molar refractivity (Wildman–Crippen MR) is 59.8 cm³/mol. The first-order valence-electron chi connectivity index (χ1n) is 5.47. The van der Waals surface area contributed by atoms with E-state index in [2.05, 4.69) is 33.0 Å². The van der Waals surface area contributed by atoms with Crippen LogP contribution in [0.2, 0.25) is 0 Å². The maximum atomic E-state index is 5.63. The van der Waals surface area contributed by atoms with Gasteiger partial charge in [0.1, 0.15) is 0 Å². The van der Waals surface area contributed by atoms with E-state index in [1.165, 1.54) is 6.42 Å². The average molecular weight is 186 g/mol. The first-order valence-corrected chi connectivity index (χ1v) is 5.47. The molecule has 0 radical (unpaired) electrons. The van der Waals surface area contributed by atoms with Gasteiger partial charge < -0.3 is 11.1 Å². The molecule has 0 fully saturated rings. The molecule has 13 heavy (non-hydrogen) atoms. The van der Waals surface area contributed by atoms with Gasteiger partial charge in [0.25, 0.3) is 0 Å². The molecule has 0 rings (SSSR count). The molecule has 0 saturated carbocycles. The van der Waals surface area contributed by atoms with Crippen LogP contribution in [0.25, 0.3) is 0 Å². The number of hydrogen-bond acceptors (Lipinski definition) is 2. The molecular formula is C11H26N2. The third-order valence-electron chi connectivity index (χ3n) is 3.06. The molecule has 2 heteroatoms. The van der Waals surface area contributed by atoms with E-state index in [-0.39, 0.29) is 0 Å². The molecule has 0 aliphatic heterocycles. The lowest BCUT2D eigenvalue weighted by molar-refractivity contribution is 0.195. The molecule has 2 nitrogen and oxygen atoms in total. The van der Waals surface area contributed by atoms with Gasteiger partial charge in [-0.25, -0.2) is 0 Å². The van der Waals surface area contributed by atoms with Crippen LogP contribution in [-0.2, 0) is 0 Å². The second-order valence-electron chi connectivity index (χ2n) is 4.52. The summed E-state index contributed by atoms with van der Waals surface area (Å²) in [4.78, 5) is 0. The fraction of sp³-hybridized carbons (Fsp3) is 1.00. The second-order valence-corrected chi connectivity index (χ2v) is 4.52. The zero-order chi connectivity index (χ0) is 10.3. The van der Waals surface area contributed by atoms with Gasteiger partial charge in [0.15, 0.2) is 0 Å². The van der Waals surface area contributed by atoms with E-state index < -0.39 is 0 Å². The normalized spacial score (nSPS) is 16.2. The number of hydrogen-bond donors (Lipinski definition) is 2. The van der Waals surface area contributed by atoms with Crippen LogP contribution in [0.4, 0.5) is 0 Å². The molecule has 0 bridgehead atoms. The highest BCUT2D eigenvalue weighted by molar-refractivity contribution is 4.80. The van der Waals surface area contributed by atoms with E-state index >= 15 is 0 Å². The van der Waals surface area contributed by atoms with Gasteiger partial charge in [-0.15, -0.1) is 0 Å². The van der Waals surface area contributed by atoms with Crippen molar-refractivity contribution in [1.29, 1.82) is 0 Å². The minimum absolute atomic E-state index is 0.365. The number of nitrogens with one attached hydrogen (secondary N) is 1. The monoisotopic (exact) mass is 186 g/mol. The summed E-state index contributed by atoms with van der Waals surface area (Å²) in [5.41, 5.74) is 5.99. The summed E-state index contributed by atoms with van der Waals surface area (Å²) in [6.45, 7) is 12.1. The highest BCUT2D eigenvalue weighted by atomic mass is 14.9. The summed E-state index contributed by atoms with van der Waals surface area (Å²) in [7, 11) is 0. The van der Waals surface area contributed by atoms with Gasteiger partial charge >= 0.3 is 0 Å². The summed E-state index contributed by atoms with van der Waals surface area (Å²) in [5.74, 6) is 0.695. The first-order chi connectivity index (χ1) is 6.06. The van der Waals surface area contributed by atoms with Gasteiger partial charge in [0, 0.05) is 6.54 Å². The van der Waals surface area contributed by atoms with E-state index in [4.69, 9.17) is 5.73 Å². The Kier molecular flexibility index (Phi) is 6.35. The molecule has 0 spiro atoms. The lowest BCUT2D eigenvalue weighted by atomic mass is 9.76. The van der Waals surface area contributed by atoms with Gasteiger partial charge in [0.2, 0.25) is 0 Å². The highest BCUT2D eigenvalue weighted by Gasteiger charge is 2.26. The van der Waals surface area contributed by atoms with Crippen molar-refractivity contribution >= 4 is 0 Å². The summed E-state index contributed by atoms with van der Waals surface area (Å²) in [6, 6.07) is 0. The molecule has 3 N–H and O–H groups in total. The quantitative estimate of drug-likeness (QED) is 0.597. The van der Waals surface area contributed by atoms with Crippen LogP contribution in [0.15, 0.2) is 0 Å². The maximum absolute atomic E-state index is 5.63. The Morgan fingerprint density at radius 2 is 2.00 bits per heavy atom. The molecule has 0 aromatic heterocycles. The van der Waals surface area contributed by atoms with Gasteiger partial charge in [-0.3, -0.25) is 0 Å². The van der Waals surface area contributed by atoms with Crippen molar-refractivity contribution in [1.82, 2.24) is 5.32 Å². The fourth-order valence-electron chi connectivity index (χ4n) is 1.46. The Morgan fingerprint density at radius 1 is 1.38 bits per heavy atom. The predicted octanol–water partition coefficient (Wildman–Crippen LogP) is 2.00. The van der Waals surface area contributed by atoms with E-state index in [9.17, 15) is 0 Å². The molecule has 0 amide bonds. The van der Waals surface area contributed by atoms with Gasteiger partial charge in [0.05, 0.1) is 0 Å². The Hall–Kier alpha value is -0.0800. The molecule has 0 saturated heterocycles. The topological polar surface area (TPSA) is 38.0 Å². The summed E-state index contributed by atoms with van der Waals surface area (Å²) < 4.78 is 0. The summed E-state index contributed by atoms with van der Waals surface area (Å²) in [6.07, 6.45) is 2.32. The van der Waals surface area contributed by atoms with Crippen molar-refractivity contribution < 1.29 is 0 Å².